The van der Waals surface area contributed by atoms with Crippen molar-refractivity contribution in [2.45, 2.75) is 31.9 Å². The second kappa shape index (κ2) is 9.47. The fraction of sp³-hybridized carbons (Fsp3) is 0.350. The van der Waals surface area contributed by atoms with Gasteiger partial charge in [-0.2, -0.15) is 0 Å². The molecule has 0 unspecified atom stereocenters. The molecule has 0 aromatic heterocycles. The van der Waals surface area contributed by atoms with Gasteiger partial charge in [0, 0.05) is 11.4 Å². The highest BCUT2D eigenvalue weighted by molar-refractivity contribution is 7.99. The quantitative estimate of drug-likeness (QED) is 0.700. The first kappa shape index (κ1) is 19.3. The van der Waals surface area contributed by atoms with Crippen molar-refractivity contribution in [3.8, 4) is 5.75 Å². The van der Waals surface area contributed by atoms with Gasteiger partial charge >= 0.3 is 0 Å². The molecule has 1 atom stereocenters. The van der Waals surface area contributed by atoms with Crippen molar-refractivity contribution in [3.05, 3.63) is 59.4 Å². The van der Waals surface area contributed by atoms with E-state index in [4.69, 9.17) is 4.74 Å². The second-order valence-corrected chi connectivity index (χ2v) is 6.89. The summed E-state index contributed by atoms with van der Waals surface area (Å²) in [5.74, 6) is 1.09. The summed E-state index contributed by atoms with van der Waals surface area (Å²) in [5, 5.41) is 2.99. The van der Waals surface area contributed by atoms with Crippen LogP contribution in [0.15, 0.2) is 42.5 Å². The number of halogens is 1. The average Bonchev–Trinajstić information content (AvgIpc) is 2.61. The molecule has 0 saturated heterocycles. The van der Waals surface area contributed by atoms with Crippen molar-refractivity contribution in [1.82, 2.24) is 0 Å². The first-order valence-corrected chi connectivity index (χ1v) is 9.49. The molecule has 0 bridgehead atoms. The van der Waals surface area contributed by atoms with Gasteiger partial charge in [0.2, 0.25) is 5.91 Å². The Morgan fingerprint density at radius 1 is 1.28 bits per heavy atom. The highest BCUT2D eigenvalue weighted by Crippen LogP contribution is 2.27. The smallest absolute Gasteiger partial charge is 0.234 e. The molecule has 0 aliphatic rings. The summed E-state index contributed by atoms with van der Waals surface area (Å²) in [6, 6.07) is 12.8. The molecule has 0 fully saturated rings. The number of para-hydroxylation sites is 1. The van der Waals surface area contributed by atoms with Gasteiger partial charge in [-0.3, -0.25) is 4.79 Å². The third-order valence-corrected chi connectivity index (χ3v) is 5.10. The Kier molecular flexibility index (Phi) is 7.31. The summed E-state index contributed by atoms with van der Waals surface area (Å²) in [4.78, 5) is 12.2. The Morgan fingerprint density at radius 2 is 2.04 bits per heavy atom. The standard InChI is InChI=1S/C20H24FNO2S/c1-4-14(2)16-7-5-6-8-18(16)22-20(23)13-25-12-15-9-10-19(24-3)17(21)11-15/h5-11,14H,4,12-13H2,1-3H3,(H,22,23)/t14-/m1/s1. The summed E-state index contributed by atoms with van der Waals surface area (Å²) < 4.78 is 18.6. The molecular weight excluding hydrogens is 337 g/mol. The molecule has 25 heavy (non-hydrogen) atoms. The van der Waals surface area contributed by atoms with E-state index in [-0.39, 0.29) is 17.5 Å². The lowest BCUT2D eigenvalue weighted by molar-refractivity contribution is -0.113. The molecule has 0 aliphatic carbocycles. The van der Waals surface area contributed by atoms with E-state index in [1.807, 2.05) is 24.3 Å². The normalized spacial score (nSPS) is 11.8. The Labute approximate surface area is 153 Å². The zero-order valence-electron chi connectivity index (χ0n) is 14.8. The number of amides is 1. The van der Waals surface area contributed by atoms with Gasteiger partial charge in [-0.25, -0.2) is 4.39 Å². The van der Waals surface area contributed by atoms with E-state index in [9.17, 15) is 9.18 Å². The molecule has 5 heteroatoms. The van der Waals surface area contributed by atoms with Gasteiger partial charge in [0.1, 0.15) is 0 Å². The van der Waals surface area contributed by atoms with Crippen molar-refractivity contribution in [1.29, 1.82) is 0 Å². The topological polar surface area (TPSA) is 38.3 Å². The lowest BCUT2D eigenvalue weighted by atomic mass is 9.97. The maximum absolute atomic E-state index is 13.7. The fourth-order valence-electron chi connectivity index (χ4n) is 2.51. The van der Waals surface area contributed by atoms with Crippen LogP contribution in [-0.2, 0) is 10.5 Å². The van der Waals surface area contributed by atoms with E-state index in [0.717, 1.165) is 23.2 Å². The van der Waals surface area contributed by atoms with Crippen LogP contribution >= 0.6 is 11.8 Å². The first-order chi connectivity index (χ1) is 12.0. The number of carbonyl (C=O) groups is 1. The SMILES string of the molecule is CC[C@@H](C)c1ccccc1NC(=O)CSCc1ccc(OC)c(F)c1. The monoisotopic (exact) mass is 361 g/mol. The second-order valence-electron chi connectivity index (χ2n) is 5.91. The molecule has 2 aromatic carbocycles. The predicted molar refractivity (Wildman–Crippen MR) is 103 cm³/mol. The summed E-state index contributed by atoms with van der Waals surface area (Å²) in [6.07, 6.45) is 1.02. The number of nitrogens with one attached hydrogen (secondary N) is 1. The number of rotatable bonds is 8. The largest absolute Gasteiger partial charge is 0.494 e. The molecule has 2 rings (SSSR count). The maximum atomic E-state index is 13.7. The third-order valence-electron chi connectivity index (χ3n) is 4.10. The summed E-state index contributed by atoms with van der Waals surface area (Å²) >= 11 is 1.46. The van der Waals surface area contributed by atoms with Crippen LogP contribution in [0.4, 0.5) is 10.1 Å². The zero-order chi connectivity index (χ0) is 18.2. The average molecular weight is 361 g/mol. The highest BCUT2D eigenvalue weighted by atomic mass is 32.2. The minimum Gasteiger partial charge on any atom is -0.494 e. The number of hydrogen-bond acceptors (Lipinski definition) is 3. The first-order valence-electron chi connectivity index (χ1n) is 8.34. The number of methoxy groups -OCH3 is 1. The van der Waals surface area contributed by atoms with Crippen molar-refractivity contribution in [3.63, 3.8) is 0 Å². The lowest BCUT2D eigenvalue weighted by Gasteiger charge is -2.15. The fourth-order valence-corrected chi connectivity index (χ4v) is 3.28. The van der Waals surface area contributed by atoms with Crippen LogP contribution in [0.3, 0.4) is 0 Å². The van der Waals surface area contributed by atoms with Gasteiger partial charge in [-0.05, 0) is 41.7 Å². The Balaban J connectivity index is 1.88. The number of thioether (sulfide) groups is 1. The van der Waals surface area contributed by atoms with Crippen molar-refractivity contribution < 1.29 is 13.9 Å². The van der Waals surface area contributed by atoms with E-state index >= 15 is 0 Å². The van der Waals surface area contributed by atoms with E-state index in [0.29, 0.717) is 17.4 Å². The molecule has 0 spiro atoms. The number of hydrogen-bond donors (Lipinski definition) is 1. The van der Waals surface area contributed by atoms with Gasteiger partial charge in [0.25, 0.3) is 0 Å². The van der Waals surface area contributed by atoms with Crippen LogP contribution in [-0.4, -0.2) is 18.8 Å². The number of carbonyl (C=O) groups excluding carboxylic acids is 1. The number of benzene rings is 2. The van der Waals surface area contributed by atoms with E-state index in [1.165, 1.54) is 24.9 Å². The minimum absolute atomic E-state index is 0.0465. The van der Waals surface area contributed by atoms with E-state index < -0.39 is 0 Å². The number of ether oxygens (including phenoxy) is 1. The molecule has 0 heterocycles. The summed E-state index contributed by atoms with van der Waals surface area (Å²) in [7, 11) is 1.44. The van der Waals surface area contributed by atoms with Crippen molar-refractivity contribution in [2.24, 2.45) is 0 Å². The van der Waals surface area contributed by atoms with Gasteiger partial charge in [0.05, 0.1) is 12.9 Å². The van der Waals surface area contributed by atoms with Crippen LogP contribution in [0.5, 0.6) is 5.75 Å². The van der Waals surface area contributed by atoms with E-state index in [1.54, 1.807) is 6.07 Å². The van der Waals surface area contributed by atoms with Gasteiger partial charge in [0.15, 0.2) is 11.6 Å². The summed E-state index contributed by atoms with van der Waals surface area (Å²) in [5.41, 5.74) is 2.86. The number of anilines is 1. The molecule has 0 aliphatic heterocycles. The van der Waals surface area contributed by atoms with Crippen LogP contribution in [0.2, 0.25) is 0 Å². The maximum Gasteiger partial charge on any atom is 0.234 e. The lowest BCUT2D eigenvalue weighted by Crippen LogP contribution is -2.16. The molecule has 134 valence electrons. The Morgan fingerprint density at radius 3 is 2.72 bits per heavy atom. The summed E-state index contributed by atoms with van der Waals surface area (Å²) in [6.45, 7) is 4.28. The zero-order valence-corrected chi connectivity index (χ0v) is 15.7. The Bertz CT molecular complexity index is 721. The minimum atomic E-state index is -0.382. The van der Waals surface area contributed by atoms with Crippen LogP contribution in [0, 0.1) is 5.82 Å². The molecule has 2 aromatic rings. The molecule has 1 N–H and O–H groups in total. The molecule has 1 amide bonds. The van der Waals surface area contributed by atoms with E-state index in [2.05, 4.69) is 25.2 Å². The van der Waals surface area contributed by atoms with Gasteiger partial charge in [-0.15, -0.1) is 11.8 Å². The highest BCUT2D eigenvalue weighted by Gasteiger charge is 2.11. The van der Waals surface area contributed by atoms with Crippen LogP contribution < -0.4 is 10.1 Å². The van der Waals surface area contributed by atoms with Crippen LogP contribution in [0.1, 0.15) is 37.3 Å². The van der Waals surface area contributed by atoms with Crippen molar-refractivity contribution >= 4 is 23.4 Å². The van der Waals surface area contributed by atoms with Crippen LogP contribution in [0.25, 0.3) is 0 Å². The molecule has 0 saturated carbocycles. The Hall–Kier alpha value is -2.01. The molecular formula is C20H24FNO2S. The van der Waals surface area contributed by atoms with Crippen molar-refractivity contribution in [2.75, 3.05) is 18.2 Å². The molecule has 0 radical (unpaired) electrons. The van der Waals surface area contributed by atoms with Gasteiger partial charge < -0.3 is 10.1 Å². The van der Waals surface area contributed by atoms with Gasteiger partial charge in [-0.1, -0.05) is 38.1 Å². The molecule has 3 nitrogen and oxygen atoms in total. The predicted octanol–water partition coefficient (Wildman–Crippen LogP) is 5.22. The third kappa shape index (κ3) is 5.49.